The first kappa shape index (κ1) is 34.5. The molecule has 0 unspecified atom stereocenters. The van der Waals surface area contributed by atoms with Gasteiger partial charge in [-0.15, -0.1) is 13.2 Å². The molecule has 1 saturated carbocycles. The molecule has 250 valence electrons. The first-order valence-corrected chi connectivity index (χ1v) is 16.0. The van der Waals surface area contributed by atoms with Gasteiger partial charge in [0.1, 0.15) is 11.6 Å². The summed E-state index contributed by atoms with van der Waals surface area (Å²) in [5, 5.41) is 0. The molecule has 1 nitrogen and oxygen atoms in total. The first-order valence-electron chi connectivity index (χ1n) is 16.0. The summed E-state index contributed by atoms with van der Waals surface area (Å²) in [7, 11) is 0. The predicted octanol–water partition coefficient (Wildman–Crippen LogP) is 12.3. The molecule has 1 aliphatic rings. The fourth-order valence-corrected chi connectivity index (χ4v) is 6.57. The smallest absolute Gasteiger partial charge is 0.403 e. The van der Waals surface area contributed by atoms with Crippen molar-refractivity contribution in [1.29, 1.82) is 0 Å². The van der Waals surface area contributed by atoms with E-state index in [0.717, 1.165) is 43.9 Å². The SMILES string of the molecule is CCCCCC1CCC(c2ccc(-c3ccc(CCc4ccc(-c5ccc(OC(F)(F)F)c(F)c5)c(F)c4)c(F)c3)c(F)c2F)CC1. The van der Waals surface area contributed by atoms with Gasteiger partial charge in [-0.25, -0.2) is 22.0 Å². The zero-order chi connectivity index (χ0) is 33.7. The largest absolute Gasteiger partial charge is 0.573 e. The Labute approximate surface area is 269 Å². The van der Waals surface area contributed by atoms with Crippen molar-refractivity contribution in [2.45, 2.75) is 83.4 Å². The molecule has 0 aliphatic heterocycles. The maximum absolute atomic E-state index is 15.3. The van der Waals surface area contributed by atoms with E-state index in [4.69, 9.17) is 0 Å². The fraction of sp³-hybridized carbons (Fsp3) is 0.368. The Morgan fingerprint density at radius 3 is 2.00 bits per heavy atom. The van der Waals surface area contributed by atoms with Crippen molar-refractivity contribution in [3.63, 3.8) is 0 Å². The topological polar surface area (TPSA) is 9.23 Å². The Kier molecular flexibility index (Phi) is 10.9. The summed E-state index contributed by atoms with van der Waals surface area (Å²) in [6, 6.07) is 14.1. The van der Waals surface area contributed by atoms with Gasteiger partial charge in [0.25, 0.3) is 0 Å². The first-order chi connectivity index (χ1) is 22.4. The summed E-state index contributed by atoms with van der Waals surface area (Å²) >= 11 is 0. The quantitative estimate of drug-likeness (QED) is 0.115. The summed E-state index contributed by atoms with van der Waals surface area (Å²) in [6.07, 6.45) is 3.82. The van der Waals surface area contributed by atoms with Crippen LogP contribution in [-0.2, 0) is 12.8 Å². The third-order valence-corrected chi connectivity index (χ3v) is 9.16. The number of unbranched alkanes of at least 4 members (excludes halogenated alkanes) is 2. The van der Waals surface area contributed by atoms with Gasteiger partial charge in [-0.05, 0) is 102 Å². The van der Waals surface area contributed by atoms with Crippen LogP contribution in [0.2, 0.25) is 0 Å². The maximum atomic E-state index is 15.3. The van der Waals surface area contributed by atoms with Crippen LogP contribution >= 0.6 is 0 Å². The minimum absolute atomic E-state index is 0.0166. The Hall–Kier alpha value is -3.88. The van der Waals surface area contributed by atoms with E-state index in [9.17, 15) is 22.0 Å². The summed E-state index contributed by atoms with van der Waals surface area (Å²) in [5.41, 5.74) is 1.37. The molecule has 4 aromatic carbocycles. The van der Waals surface area contributed by atoms with Gasteiger partial charge in [0.05, 0.1) is 0 Å². The van der Waals surface area contributed by atoms with E-state index in [1.165, 1.54) is 62.1 Å². The van der Waals surface area contributed by atoms with E-state index in [0.29, 0.717) is 22.6 Å². The summed E-state index contributed by atoms with van der Waals surface area (Å²) in [6.45, 7) is 2.18. The Bertz CT molecular complexity index is 1690. The highest BCUT2D eigenvalue weighted by Crippen LogP contribution is 2.40. The van der Waals surface area contributed by atoms with Crippen LogP contribution in [0.25, 0.3) is 22.3 Å². The third kappa shape index (κ3) is 8.54. The zero-order valence-electron chi connectivity index (χ0n) is 26.0. The molecule has 9 heteroatoms. The lowest BCUT2D eigenvalue weighted by molar-refractivity contribution is -0.275. The van der Waals surface area contributed by atoms with E-state index < -0.39 is 41.2 Å². The van der Waals surface area contributed by atoms with Crippen molar-refractivity contribution in [3.05, 3.63) is 113 Å². The minimum Gasteiger partial charge on any atom is -0.403 e. The second kappa shape index (κ2) is 14.9. The molecule has 47 heavy (non-hydrogen) atoms. The number of ether oxygens (including phenoxy) is 1. The zero-order valence-corrected chi connectivity index (χ0v) is 26.0. The fourth-order valence-electron chi connectivity index (χ4n) is 6.57. The molecule has 0 spiro atoms. The number of alkyl halides is 3. The van der Waals surface area contributed by atoms with Crippen LogP contribution in [0.4, 0.5) is 35.1 Å². The Morgan fingerprint density at radius 2 is 1.34 bits per heavy atom. The highest BCUT2D eigenvalue weighted by Gasteiger charge is 2.32. The molecule has 0 saturated heterocycles. The minimum atomic E-state index is -5.07. The van der Waals surface area contributed by atoms with E-state index in [1.54, 1.807) is 12.1 Å². The molecule has 1 aliphatic carbocycles. The highest BCUT2D eigenvalue weighted by atomic mass is 19.4. The van der Waals surface area contributed by atoms with Crippen LogP contribution in [0.5, 0.6) is 5.75 Å². The van der Waals surface area contributed by atoms with Crippen LogP contribution in [-0.4, -0.2) is 6.36 Å². The average molecular weight is 661 g/mol. The van der Waals surface area contributed by atoms with Crippen molar-refractivity contribution in [1.82, 2.24) is 0 Å². The van der Waals surface area contributed by atoms with Crippen LogP contribution < -0.4 is 4.74 Å². The molecule has 0 aromatic heterocycles. The van der Waals surface area contributed by atoms with Crippen LogP contribution in [0.3, 0.4) is 0 Å². The van der Waals surface area contributed by atoms with Crippen LogP contribution in [0.1, 0.15) is 80.9 Å². The van der Waals surface area contributed by atoms with E-state index in [2.05, 4.69) is 11.7 Å². The van der Waals surface area contributed by atoms with Crippen molar-refractivity contribution in [3.8, 4) is 28.0 Å². The number of rotatable bonds is 11. The molecule has 1 fully saturated rings. The van der Waals surface area contributed by atoms with Crippen molar-refractivity contribution in [2.75, 3.05) is 0 Å². The highest BCUT2D eigenvalue weighted by molar-refractivity contribution is 5.66. The van der Waals surface area contributed by atoms with Gasteiger partial charge in [-0.2, -0.15) is 0 Å². The van der Waals surface area contributed by atoms with Gasteiger partial charge in [-0.1, -0.05) is 75.1 Å². The van der Waals surface area contributed by atoms with Crippen molar-refractivity contribution >= 4 is 0 Å². The van der Waals surface area contributed by atoms with Crippen molar-refractivity contribution < 1.29 is 39.9 Å². The number of hydrogen-bond donors (Lipinski definition) is 0. The van der Waals surface area contributed by atoms with Crippen LogP contribution in [0.15, 0.2) is 66.7 Å². The molecule has 4 aromatic rings. The second-order valence-electron chi connectivity index (χ2n) is 12.4. The molecule has 5 rings (SSSR count). The van der Waals surface area contributed by atoms with Gasteiger partial charge >= 0.3 is 6.36 Å². The van der Waals surface area contributed by atoms with Gasteiger partial charge in [-0.3, -0.25) is 0 Å². The van der Waals surface area contributed by atoms with Gasteiger partial charge in [0.15, 0.2) is 23.2 Å². The molecule has 0 amide bonds. The standard InChI is InChI=1S/C38H36F8O/c1-2-3-4-5-23-6-10-25(11-7-23)30-17-18-31(37(43)36(30)42)28-14-13-26(32(39)21-28)12-8-24-9-16-29(33(40)20-24)27-15-19-35(34(41)22-27)47-38(44,45)46/h9,13-23,25H,2-8,10-12H2,1H3. The number of hydrogen-bond acceptors (Lipinski definition) is 1. The average Bonchev–Trinajstić information content (AvgIpc) is 3.03. The van der Waals surface area contributed by atoms with Crippen molar-refractivity contribution in [2.24, 2.45) is 5.92 Å². The molecular weight excluding hydrogens is 624 g/mol. The van der Waals surface area contributed by atoms with E-state index in [1.807, 2.05) is 0 Å². The molecule has 0 radical (unpaired) electrons. The number of aryl methyl sites for hydroxylation is 2. The molecular formula is C38H36F8O. The molecule has 0 N–H and O–H groups in total. The lowest BCUT2D eigenvalue weighted by Crippen LogP contribution is -2.17. The van der Waals surface area contributed by atoms with E-state index >= 15 is 13.2 Å². The lowest BCUT2D eigenvalue weighted by atomic mass is 9.76. The second-order valence-corrected chi connectivity index (χ2v) is 12.4. The third-order valence-electron chi connectivity index (χ3n) is 9.16. The summed E-state index contributed by atoms with van der Waals surface area (Å²) in [5.74, 6) is -4.91. The molecule has 0 bridgehead atoms. The monoisotopic (exact) mass is 660 g/mol. The number of halogens is 8. The maximum Gasteiger partial charge on any atom is 0.573 e. The molecule has 0 heterocycles. The molecule has 0 atom stereocenters. The summed E-state index contributed by atoms with van der Waals surface area (Å²) < 4.78 is 116. The Balaban J connectivity index is 1.22. The summed E-state index contributed by atoms with van der Waals surface area (Å²) in [4.78, 5) is 0. The predicted molar refractivity (Wildman–Crippen MR) is 166 cm³/mol. The van der Waals surface area contributed by atoms with Gasteiger partial charge in [0.2, 0.25) is 0 Å². The van der Waals surface area contributed by atoms with E-state index in [-0.39, 0.29) is 41.0 Å². The van der Waals surface area contributed by atoms with Crippen LogP contribution in [0, 0.1) is 35.0 Å². The van der Waals surface area contributed by atoms with Gasteiger partial charge in [0, 0.05) is 11.1 Å². The number of benzene rings is 4. The Morgan fingerprint density at radius 1 is 0.660 bits per heavy atom. The lowest BCUT2D eigenvalue weighted by Gasteiger charge is -2.29. The van der Waals surface area contributed by atoms with Gasteiger partial charge < -0.3 is 4.74 Å². The normalized spacial score (nSPS) is 16.8.